The van der Waals surface area contributed by atoms with Gasteiger partial charge in [-0.2, -0.15) is 0 Å². The van der Waals surface area contributed by atoms with Gasteiger partial charge >= 0.3 is 5.97 Å². The number of carbonyl (C=O) groups is 2. The maximum absolute atomic E-state index is 12.4. The highest BCUT2D eigenvalue weighted by Crippen LogP contribution is 2.26. The van der Waals surface area contributed by atoms with Gasteiger partial charge in [0.15, 0.2) is 0 Å². The predicted octanol–water partition coefficient (Wildman–Crippen LogP) is 5.62. The van der Waals surface area contributed by atoms with Crippen LogP contribution in [-0.4, -0.2) is 16.9 Å². The number of amides is 1. The minimum atomic E-state index is -0.512. The first kappa shape index (κ1) is 18.6. The average molecular weight is 429 g/mol. The van der Waals surface area contributed by atoms with E-state index < -0.39 is 5.97 Å². The minimum Gasteiger partial charge on any atom is -0.455 e. The van der Waals surface area contributed by atoms with Crippen LogP contribution in [0.5, 0.6) is 0 Å². The number of thiophene rings is 1. The third-order valence-electron chi connectivity index (χ3n) is 3.86. The zero-order valence-electron chi connectivity index (χ0n) is 14.3. The molecule has 1 amide bonds. The van der Waals surface area contributed by atoms with Crippen LogP contribution in [0, 0.1) is 0 Å². The normalized spacial score (nSPS) is 10.8. The Morgan fingerprint density at radius 1 is 1.11 bits per heavy atom. The monoisotopic (exact) mass is 428 g/mol. The van der Waals surface area contributed by atoms with Crippen molar-refractivity contribution in [3.63, 3.8) is 0 Å². The van der Waals surface area contributed by atoms with E-state index in [0.717, 1.165) is 15.2 Å². The van der Waals surface area contributed by atoms with E-state index in [1.807, 2.05) is 29.6 Å². The number of fused-ring (bicyclic) bond motifs is 1. The van der Waals surface area contributed by atoms with Gasteiger partial charge in [-0.1, -0.05) is 29.8 Å². The van der Waals surface area contributed by atoms with Crippen molar-refractivity contribution in [2.45, 2.75) is 6.61 Å². The van der Waals surface area contributed by atoms with E-state index in [9.17, 15) is 9.59 Å². The first-order valence-corrected chi connectivity index (χ1v) is 10.3. The molecule has 0 aliphatic heterocycles. The molecule has 0 aliphatic rings. The summed E-state index contributed by atoms with van der Waals surface area (Å²) in [6, 6.07) is 15.9. The second-order valence-corrected chi connectivity index (χ2v) is 8.25. The van der Waals surface area contributed by atoms with Gasteiger partial charge in [-0.05, 0) is 41.8 Å². The van der Waals surface area contributed by atoms with Gasteiger partial charge in [0.1, 0.15) is 11.6 Å². The zero-order valence-corrected chi connectivity index (χ0v) is 16.7. The summed E-state index contributed by atoms with van der Waals surface area (Å²) in [5.74, 6) is -0.792. The lowest BCUT2D eigenvalue weighted by molar-refractivity contribution is 0.0472. The number of ether oxygens (including phenoxy) is 1. The van der Waals surface area contributed by atoms with Crippen LogP contribution in [-0.2, 0) is 11.3 Å². The van der Waals surface area contributed by atoms with Gasteiger partial charge in [0.25, 0.3) is 5.91 Å². The molecular formula is C20H13ClN2O3S2. The number of hydrogen-bond acceptors (Lipinski definition) is 6. The van der Waals surface area contributed by atoms with Crippen LogP contribution < -0.4 is 5.32 Å². The third-order valence-corrected chi connectivity index (χ3v) is 6.07. The number of hydrogen-bond donors (Lipinski definition) is 1. The maximum atomic E-state index is 12.4. The topological polar surface area (TPSA) is 68.3 Å². The summed E-state index contributed by atoms with van der Waals surface area (Å²) in [5, 5.41) is 5.59. The molecule has 2 heterocycles. The molecule has 0 saturated carbocycles. The Morgan fingerprint density at radius 3 is 2.75 bits per heavy atom. The molecule has 2 aromatic carbocycles. The van der Waals surface area contributed by atoms with Crippen LogP contribution in [0.15, 0.2) is 60.0 Å². The molecule has 28 heavy (non-hydrogen) atoms. The summed E-state index contributed by atoms with van der Waals surface area (Å²) in [6.07, 6.45) is 0. The SMILES string of the molecule is O=C(OCc1nc2ccccc2s1)c1ccc(Cl)c(NC(=O)c2cccs2)c1. The molecule has 0 spiro atoms. The Hall–Kier alpha value is -2.74. The summed E-state index contributed by atoms with van der Waals surface area (Å²) in [5.41, 5.74) is 1.53. The molecule has 0 bridgehead atoms. The molecule has 140 valence electrons. The van der Waals surface area contributed by atoms with Crippen molar-refractivity contribution in [1.29, 1.82) is 0 Å². The Labute approximate surface area is 173 Å². The Kier molecular flexibility index (Phi) is 5.38. The second kappa shape index (κ2) is 8.10. The molecule has 0 saturated heterocycles. The summed E-state index contributed by atoms with van der Waals surface area (Å²) in [4.78, 5) is 29.6. The van der Waals surface area contributed by atoms with Gasteiger partial charge < -0.3 is 10.1 Å². The molecule has 4 rings (SSSR count). The van der Waals surface area contributed by atoms with E-state index >= 15 is 0 Å². The van der Waals surface area contributed by atoms with Crippen LogP contribution in [0.1, 0.15) is 25.0 Å². The number of nitrogens with one attached hydrogen (secondary N) is 1. The number of nitrogens with zero attached hydrogens (tertiary/aromatic N) is 1. The number of halogens is 1. The first-order valence-electron chi connectivity index (χ1n) is 8.26. The van der Waals surface area contributed by atoms with E-state index in [0.29, 0.717) is 21.2 Å². The number of para-hydroxylation sites is 1. The molecule has 4 aromatic rings. The fraction of sp³-hybridized carbons (Fsp3) is 0.0500. The molecule has 8 heteroatoms. The van der Waals surface area contributed by atoms with E-state index in [4.69, 9.17) is 16.3 Å². The van der Waals surface area contributed by atoms with Crippen molar-refractivity contribution in [1.82, 2.24) is 4.98 Å². The fourth-order valence-corrected chi connectivity index (χ4v) is 4.20. The van der Waals surface area contributed by atoms with Crippen LogP contribution in [0.4, 0.5) is 5.69 Å². The molecule has 0 radical (unpaired) electrons. The summed E-state index contributed by atoms with van der Waals surface area (Å²) < 4.78 is 6.41. The molecule has 5 nitrogen and oxygen atoms in total. The van der Waals surface area contributed by atoms with E-state index in [2.05, 4.69) is 10.3 Å². The van der Waals surface area contributed by atoms with Crippen molar-refractivity contribution in [3.8, 4) is 0 Å². The molecule has 1 N–H and O–H groups in total. The molecular weight excluding hydrogens is 416 g/mol. The van der Waals surface area contributed by atoms with Gasteiger partial charge in [-0.25, -0.2) is 9.78 Å². The molecule has 0 fully saturated rings. The van der Waals surface area contributed by atoms with Gasteiger partial charge in [0.05, 0.1) is 31.4 Å². The lowest BCUT2D eigenvalue weighted by atomic mass is 10.2. The van der Waals surface area contributed by atoms with Crippen molar-refractivity contribution < 1.29 is 14.3 Å². The number of thiazole rings is 1. The average Bonchev–Trinajstić information content (AvgIpc) is 3.37. The van der Waals surface area contributed by atoms with Gasteiger partial charge in [0.2, 0.25) is 0 Å². The van der Waals surface area contributed by atoms with Crippen LogP contribution in [0.3, 0.4) is 0 Å². The minimum absolute atomic E-state index is 0.0810. The fourth-order valence-electron chi connectivity index (χ4n) is 2.53. The highest BCUT2D eigenvalue weighted by molar-refractivity contribution is 7.18. The number of carbonyl (C=O) groups excluding carboxylic acids is 2. The lowest BCUT2D eigenvalue weighted by Crippen LogP contribution is -2.12. The summed E-state index contributed by atoms with van der Waals surface area (Å²) >= 11 is 8.96. The molecule has 0 atom stereocenters. The van der Waals surface area contributed by atoms with Crippen molar-refractivity contribution in [2.24, 2.45) is 0 Å². The number of benzene rings is 2. The van der Waals surface area contributed by atoms with Crippen molar-refractivity contribution >= 4 is 62.1 Å². The van der Waals surface area contributed by atoms with E-state index in [1.54, 1.807) is 24.3 Å². The lowest BCUT2D eigenvalue weighted by Gasteiger charge is -2.09. The van der Waals surface area contributed by atoms with Crippen molar-refractivity contribution in [3.05, 3.63) is 80.4 Å². The maximum Gasteiger partial charge on any atom is 0.338 e. The molecule has 0 unspecified atom stereocenters. The van der Waals surface area contributed by atoms with Crippen LogP contribution in [0.25, 0.3) is 10.2 Å². The van der Waals surface area contributed by atoms with Gasteiger partial charge in [-0.15, -0.1) is 22.7 Å². The Bertz CT molecular complexity index is 1120. The number of esters is 1. The summed E-state index contributed by atoms with van der Waals surface area (Å²) in [6.45, 7) is 0.0810. The second-order valence-electron chi connectivity index (χ2n) is 5.78. The highest BCUT2D eigenvalue weighted by atomic mass is 35.5. The van der Waals surface area contributed by atoms with Crippen LogP contribution in [0.2, 0.25) is 5.02 Å². The van der Waals surface area contributed by atoms with Gasteiger partial charge in [-0.3, -0.25) is 4.79 Å². The van der Waals surface area contributed by atoms with Crippen LogP contribution >= 0.6 is 34.3 Å². The molecule has 0 aliphatic carbocycles. The number of anilines is 1. The molecule has 2 aromatic heterocycles. The Morgan fingerprint density at radius 2 is 1.96 bits per heavy atom. The zero-order chi connectivity index (χ0) is 19.5. The van der Waals surface area contributed by atoms with Gasteiger partial charge in [0, 0.05) is 0 Å². The third kappa shape index (κ3) is 4.06. The summed E-state index contributed by atoms with van der Waals surface area (Å²) in [7, 11) is 0. The number of rotatable bonds is 5. The van der Waals surface area contributed by atoms with Crippen molar-refractivity contribution in [2.75, 3.05) is 5.32 Å². The quantitative estimate of drug-likeness (QED) is 0.419. The largest absolute Gasteiger partial charge is 0.455 e. The predicted molar refractivity (Wildman–Crippen MR) is 112 cm³/mol. The van der Waals surface area contributed by atoms with E-state index in [-0.39, 0.29) is 12.5 Å². The highest BCUT2D eigenvalue weighted by Gasteiger charge is 2.14. The number of aromatic nitrogens is 1. The smallest absolute Gasteiger partial charge is 0.338 e. The standard InChI is InChI=1S/C20H13ClN2O3S2/c21-13-8-7-12(10-15(13)23-19(24)17-6-3-9-27-17)20(25)26-11-18-22-14-4-1-2-5-16(14)28-18/h1-10H,11H2,(H,23,24). The Balaban J connectivity index is 1.45. The first-order chi connectivity index (χ1) is 13.6. The van der Waals surface area contributed by atoms with E-state index in [1.165, 1.54) is 28.7 Å².